The van der Waals surface area contributed by atoms with Gasteiger partial charge in [0.1, 0.15) is 0 Å². The van der Waals surface area contributed by atoms with E-state index in [1.54, 1.807) is 0 Å². The number of benzene rings is 2. The van der Waals surface area contributed by atoms with Crippen molar-refractivity contribution in [3.63, 3.8) is 0 Å². The lowest BCUT2D eigenvalue weighted by Crippen LogP contribution is -2.23. The van der Waals surface area contributed by atoms with Gasteiger partial charge in [0, 0.05) is 24.5 Å². The maximum Gasteiger partial charge on any atom is 0.0429 e. The van der Waals surface area contributed by atoms with E-state index in [0.717, 1.165) is 25.2 Å². The molecule has 2 heteroatoms. The lowest BCUT2D eigenvalue weighted by molar-refractivity contribution is 0.767. The quantitative estimate of drug-likeness (QED) is 0.817. The summed E-state index contributed by atoms with van der Waals surface area (Å²) in [6, 6.07) is 16.9. The Bertz CT molecular complexity index is 500. The molecule has 0 fully saturated rings. The van der Waals surface area contributed by atoms with Gasteiger partial charge < -0.3 is 10.6 Å². The molecule has 0 saturated heterocycles. The van der Waals surface area contributed by atoms with Crippen LogP contribution in [0.2, 0.25) is 0 Å². The molecule has 0 bridgehead atoms. The fraction of sp³-hybridized carbons (Fsp3) is 0.294. The van der Waals surface area contributed by atoms with Gasteiger partial charge in [0.2, 0.25) is 0 Å². The van der Waals surface area contributed by atoms with Gasteiger partial charge in [-0.15, -0.1) is 0 Å². The van der Waals surface area contributed by atoms with Crippen molar-refractivity contribution in [2.45, 2.75) is 26.8 Å². The molecule has 0 spiro atoms. The fourth-order valence-corrected chi connectivity index (χ4v) is 2.17. The van der Waals surface area contributed by atoms with Crippen LogP contribution in [0, 0.1) is 6.92 Å². The highest BCUT2D eigenvalue weighted by Gasteiger charge is 2.06. The third-order valence-corrected chi connectivity index (χ3v) is 3.25. The Hall–Kier alpha value is -1.96. The summed E-state index contributed by atoms with van der Waals surface area (Å²) in [5, 5.41) is 0. The zero-order chi connectivity index (χ0) is 13.7. The lowest BCUT2D eigenvalue weighted by Gasteiger charge is -2.24. The molecule has 0 aliphatic rings. The smallest absolute Gasteiger partial charge is 0.0429 e. The standard InChI is InChI=1S/C17H22N2/c1-3-12-19(17-10-8-16(18)9-11-17)13-15-6-4-14(2)5-7-15/h4-11H,3,12-13,18H2,1-2H3. The molecule has 0 saturated carbocycles. The Morgan fingerprint density at radius 1 is 0.947 bits per heavy atom. The molecule has 0 atom stereocenters. The molecule has 0 aliphatic carbocycles. The van der Waals surface area contributed by atoms with Gasteiger partial charge in [0.25, 0.3) is 0 Å². The van der Waals surface area contributed by atoms with Crippen molar-refractivity contribution in [2.24, 2.45) is 0 Å². The third-order valence-electron chi connectivity index (χ3n) is 3.25. The van der Waals surface area contributed by atoms with Crippen LogP contribution in [0.4, 0.5) is 11.4 Å². The van der Waals surface area contributed by atoms with Crippen molar-refractivity contribution < 1.29 is 0 Å². The summed E-state index contributed by atoms with van der Waals surface area (Å²) in [5.74, 6) is 0. The Morgan fingerprint density at radius 2 is 1.58 bits per heavy atom. The molecule has 0 unspecified atom stereocenters. The van der Waals surface area contributed by atoms with Crippen LogP contribution < -0.4 is 10.6 Å². The molecule has 2 rings (SSSR count). The van der Waals surface area contributed by atoms with Gasteiger partial charge in [0.15, 0.2) is 0 Å². The molecule has 100 valence electrons. The third kappa shape index (κ3) is 3.75. The van der Waals surface area contributed by atoms with Crippen molar-refractivity contribution in [1.29, 1.82) is 0 Å². The second-order valence-electron chi connectivity index (χ2n) is 5.00. The van der Waals surface area contributed by atoms with Crippen LogP contribution in [0.25, 0.3) is 0 Å². The van der Waals surface area contributed by atoms with Gasteiger partial charge in [-0.3, -0.25) is 0 Å². The van der Waals surface area contributed by atoms with Gasteiger partial charge >= 0.3 is 0 Å². The van der Waals surface area contributed by atoms with E-state index in [1.165, 1.54) is 16.8 Å². The maximum absolute atomic E-state index is 5.75. The highest BCUT2D eigenvalue weighted by Crippen LogP contribution is 2.19. The van der Waals surface area contributed by atoms with Crippen molar-refractivity contribution in [3.05, 3.63) is 59.7 Å². The highest BCUT2D eigenvalue weighted by molar-refractivity contribution is 5.53. The Balaban J connectivity index is 2.15. The number of rotatable bonds is 5. The summed E-state index contributed by atoms with van der Waals surface area (Å²) in [6.45, 7) is 6.32. The van der Waals surface area contributed by atoms with E-state index >= 15 is 0 Å². The first kappa shape index (κ1) is 13.5. The van der Waals surface area contributed by atoms with Gasteiger partial charge in [0.05, 0.1) is 0 Å². The van der Waals surface area contributed by atoms with Gasteiger partial charge in [-0.05, 0) is 43.2 Å². The maximum atomic E-state index is 5.75. The van der Waals surface area contributed by atoms with E-state index in [9.17, 15) is 0 Å². The summed E-state index contributed by atoms with van der Waals surface area (Å²) >= 11 is 0. The first-order valence-corrected chi connectivity index (χ1v) is 6.85. The normalized spacial score (nSPS) is 10.4. The Labute approximate surface area is 115 Å². The number of anilines is 2. The Morgan fingerprint density at radius 3 is 2.16 bits per heavy atom. The van der Waals surface area contributed by atoms with Gasteiger partial charge in [-0.25, -0.2) is 0 Å². The number of nitrogens with zero attached hydrogens (tertiary/aromatic N) is 1. The second-order valence-corrected chi connectivity index (χ2v) is 5.00. The molecule has 2 aromatic rings. The van der Waals surface area contributed by atoms with Crippen molar-refractivity contribution in [3.8, 4) is 0 Å². The summed E-state index contributed by atoms with van der Waals surface area (Å²) in [5.41, 5.74) is 10.4. The molecule has 0 amide bonds. The molecule has 0 heterocycles. The van der Waals surface area contributed by atoms with Crippen molar-refractivity contribution >= 4 is 11.4 Å². The minimum atomic E-state index is 0.815. The molecular weight excluding hydrogens is 232 g/mol. The average Bonchev–Trinajstić information content (AvgIpc) is 2.42. The van der Waals surface area contributed by atoms with Crippen LogP contribution in [0.1, 0.15) is 24.5 Å². The predicted molar refractivity (Wildman–Crippen MR) is 83.4 cm³/mol. The molecule has 0 aliphatic heterocycles. The minimum absolute atomic E-state index is 0.815. The Kier molecular flexibility index (Phi) is 4.45. The zero-order valence-electron chi connectivity index (χ0n) is 11.8. The van der Waals surface area contributed by atoms with E-state index < -0.39 is 0 Å². The molecule has 0 aromatic heterocycles. The summed E-state index contributed by atoms with van der Waals surface area (Å²) in [6.07, 6.45) is 1.14. The number of aryl methyl sites for hydroxylation is 1. The van der Waals surface area contributed by atoms with E-state index in [-0.39, 0.29) is 0 Å². The largest absolute Gasteiger partial charge is 0.399 e. The summed E-state index contributed by atoms with van der Waals surface area (Å²) in [7, 11) is 0. The molecular formula is C17H22N2. The number of nitrogens with two attached hydrogens (primary N) is 1. The fourth-order valence-electron chi connectivity index (χ4n) is 2.17. The van der Waals surface area contributed by atoms with Crippen molar-refractivity contribution in [1.82, 2.24) is 0 Å². The van der Waals surface area contributed by atoms with Gasteiger partial charge in [-0.1, -0.05) is 36.8 Å². The first-order valence-electron chi connectivity index (χ1n) is 6.85. The SMILES string of the molecule is CCCN(Cc1ccc(C)cc1)c1ccc(N)cc1. The summed E-state index contributed by atoms with van der Waals surface area (Å²) < 4.78 is 0. The van der Waals surface area contributed by atoms with Crippen LogP contribution in [-0.2, 0) is 6.54 Å². The minimum Gasteiger partial charge on any atom is -0.399 e. The highest BCUT2D eigenvalue weighted by atomic mass is 15.1. The van der Waals surface area contributed by atoms with E-state index in [0.29, 0.717) is 0 Å². The van der Waals surface area contributed by atoms with E-state index in [4.69, 9.17) is 5.73 Å². The van der Waals surface area contributed by atoms with Crippen LogP contribution in [0.3, 0.4) is 0 Å². The molecule has 19 heavy (non-hydrogen) atoms. The monoisotopic (exact) mass is 254 g/mol. The topological polar surface area (TPSA) is 29.3 Å². The molecule has 2 nitrogen and oxygen atoms in total. The first-order chi connectivity index (χ1) is 9.19. The number of hydrogen-bond donors (Lipinski definition) is 1. The second kappa shape index (κ2) is 6.28. The van der Waals surface area contributed by atoms with E-state index in [2.05, 4.69) is 55.1 Å². The van der Waals surface area contributed by atoms with Gasteiger partial charge in [-0.2, -0.15) is 0 Å². The van der Waals surface area contributed by atoms with Crippen molar-refractivity contribution in [2.75, 3.05) is 17.2 Å². The molecule has 2 N–H and O–H groups in total. The number of nitrogen functional groups attached to an aromatic ring is 1. The predicted octanol–water partition coefficient (Wildman–Crippen LogP) is 3.99. The summed E-state index contributed by atoms with van der Waals surface area (Å²) in [4.78, 5) is 2.39. The number of hydrogen-bond acceptors (Lipinski definition) is 2. The van der Waals surface area contributed by atoms with Crippen LogP contribution in [0.15, 0.2) is 48.5 Å². The van der Waals surface area contributed by atoms with Crippen LogP contribution in [-0.4, -0.2) is 6.54 Å². The van der Waals surface area contributed by atoms with E-state index in [1.807, 2.05) is 12.1 Å². The average molecular weight is 254 g/mol. The lowest BCUT2D eigenvalue weighted by atomic mass is 10.1. The van der Waals surface area contributed by atoms with Crippen LogP contribution in [0.5, 0.6) is 0 Å². The van der Waals surface area contributed by atoms with Crippen LogP contribution >= 0.6 is 0 Å². The zero-order valence-corrected chi connectivity index (χ0v) is 11.8. The molecule has 2 aromatic carbocycles. The molecule has 0 radical (unpaired) electrons.